The van der Waals surface area contributed by atoms with E-state index in [2.05, 4.69) is 29.3 Å². The number of hydrogen-bond donors (Lipinski definition) is 1. The normalized spacial score (nSPS) is 17.8. The zero-order valence-electron chi connectivity index (χ0n) is 19.2. The third kappa shape index (κ3) is 5.27. The van der Waals surface area contributed by atoms with Crippen LogP contribution in [0.3, 0.4) is 0 Å². The molecule has 2 aromatic carbocycles. The second kappa shape index (κ2) is 10.1. The zero-order chi connectivity index (χ0) is 22.4. The number of hydrogen-bond acceptors (Lipinski definition) is 3. The highest BCUT2D eigenvalue weighted by molar-refractivity contribution is 5.88. The molecule has 0 heterocycles. The molecule has 2 aromatic rings. The zero-order valence-corrected chi connectivity index (χ0v) is 19.2. The lowest BCUT2D eigenvalue weighted by Gasteiger charge is -2.33. The van der Waals surface area contributed by atoms with E-state index in [9.17, 15) is 4.79 Å². The van der Waals surface area contributed by atoms with Gasteiger partial charge in [-0.3, -0.25) is 4.79 Å². The Labute approximate surface area is 191 Å². The summed E-state index contributed by atoms with van der Waals surface area (Å²) < 4.78 is 12.0. The van der Waals surface area contributed by atoms with Crippen molar-refractivity contribution in [3.8, 4) is 23.3 Å². The molecule has 1 N–H and O–H groups in total. The van der Waals surface area contributed by atoms with Crippen molar-refractivity contribution >= 4 is 11.6 Å². The summed E-state index contributed by atoms with van der Waals surface area (Å²) in [5, 5.41) is 2.80. The average molecular weight is 432 g/mol. The van der Waals surface area contributed by atoms with Gasteiger partial charge in [-0.05, 0) is 80.5 Å². The smallest absolute Gasteiger partial charge is 0.221 e. The van der Waals surface area contributed by atoms with Crippen molar-refractivity contribution in [3.63, 3.8) is 0 Å². The van der Waals surface area contributed by atoms with Crippen LogP contribution in [0.4, 0.5) is 5.69 Å². The highest BCUT2D eigenvalue weighted by atomic mass is 16.5. The number of carbonyl (C=O) groups is 1. The molecule has 2 aliphatic rings. The van der Waals surface area contributed by atoms with Crippen LogP contribution in [-0.2, 0) is 10.2 Å². The van der Waals surface area contributed by atoms with Gasteiger partial charge in [-0.1, -0.05) is 37.2 Å². The van der Waals surface area contributed by atoms with Crippen molar-refractivity contribution < 1.29 is 14.3 Å². The predicted molar refractivity (Wildman–Crippen MR) is 128 cm³/mol. The largest absolute Gasteiger partial charge is 0.493 e. The van der Waals surface area contributed by atoms with Crippen molar-refractivity contribution in [2.24, 2.45) is 0 Å². The van der Waals surface area contributed by atoms with Gasteiger partial charge in [0.25, 0.3) is 0 Å². The van der Waals surface area contributed by atoms with E-state index in [4.69, 9.17) is 9.47 Å². The molecule has 168 valence electrons. The van der Waals surface area contributed by atoms with Gasteiger partial charge >= 0.3 is 0 Å². The SMILES string of the molecule is COc1ccc(C2(C#Cc3ccc(NC(C)=O)cc3)CCCCC2)cc1OC1CCCC1. The second-order valence-electron chi connectivity index (χ2n) is 9.04. The van der Waals surface area contributed by atoms with Crippen molar-refractivity contribution in [1.82, 2.24) is 0 Å². The van der Waals surface area contributed by atoms with Crippen LogP contribution in [0.1, 0.15) is 75.8 Å². The van der Waals surface area contributed by atoms with Gasteiger partial charge in [-0.15, -0.1) is 0 Å². The third-order valence-electron chi connectivity index (χ3n) is 6.67. The first-order valence-electron chi connectivity index (χ1n) is 11.8. The molecule has 0 saturated heterocycles. The molecule has 2 saturated carbocycles. The molecule has 0 spiro atoms. The minimum atomic E-state index is -0.172. The molecule has 0 atom stereocenters. The van der Waals surface area contributed by atoms with Gasteiger partial charge in [0.2, 0.25) is 5.91 Å². The number of anilines is 1. The number of methoxy groups -OCH3 is 1. The van der Waals surface area contributed by atoms with Crippen LogP contribution in [0.5, 0.6) is 11.5 Å². The first-order valence-corrected chi connectivity index (χ1v) is 11.8. The lowest BCUT2D eigenvalue weighted by molar-refractivity contribution is -0.114. The number of benzene rings is 2. The molecule has 0 radical (unpaired) electrons. The summed E-state index contributed by atoms with van der Waals surface area (Å²) in [6.45, 7) is 1.51. The summed E-state index contributed by atoms with van der Waals surface area (Å²) >= 11 is 0. The monoisotopic (exact) mass is 431 g/mol. The van der Waals surface area contributed by atoms with Gasteiger partial charge in [0.1, 0.15) is 0 Å². The Kier molecular flexibility index (Phi) is 7.05. The Morgan fingerprint density at radius 1 is 0.969 bits per heavy atom. The van der Waals surface area contributed by atoms with E-state index < -0.39 is 0 Å². The Balaban J connectivity index is 1.63. The van der Waals surface area contributed by atoms with E-state index in [0.717, 1.165) is 48.4 Å². The van der Waals surface area contributed by atoms with Gasteiger partial charge in [0.15, 0.2) is 11.5 Å². The fourth-order valence-corrected chi connectivity index (χ4v) is 4.93. The third-order valence-corrected chi connectivity index (χ3v) is 6.67. The van der Waals surface area contributed by atoms with E-state index in [0.29, 0.717) is 0 Å². The summed E-state index contributed by atoms with van der Waals surface area (Å²) in [7, 11) is 1.71. The van der Waals surface area contributed by atoms with Crippen LogP contribution in [0.25, 0.3) is 0 Å². The molecule has 4 heteroatoms. The molecule has 4 rings (SSSR count). The fourth-order valence-electron chi connectivity index (χ4n) is 4.93. The number of rotatable bonds is 5. The van der Waals surface area contributed by atoms with Crippen molar-refractivity contribution in [1.29, 1.82) is 0 Å². The van der Waals surface area contributed by atoms with Crippen LogP contribution >= 0.6 is 0 Å². The molecule has 2 fully saturated rings. The molecule has 0 unspecified atom stereocenters. The molecule has 0 bridgehead atoms. The van der Waals surface area contributed by atoms with Crippen molar-refractivity contribution in [3.05, 3.63) is 53.6 Å². The van der Waals surface area contributed by atoms with E-state index >= 15 is 0 Å². The standard InChI is InChI=1S/C28H33NO3/c1-21(30)29-24-13-10-22(11-14-24)16-19-28(17-6-3-7-18-28)23-12-15-26(31-2)27(20-23)32-25-8-4-5-9-25/h10-15,20,25H,3-9,17-18H2,1-2H3,(H,29,30). The topological polar surface area (TPSA) is 47.6 Å². The fraction of sp³-hybridized carbons (Fsp3) is 0.464. The van der Waals surface area contributed by atoms with Crippen molar-refractivity contribution in [2.45, 2.75) is 76.2 Å². The minimum Gasteiger partial charge on any atom is -0.493 e. The summed E-state index contributed by atoms with van der Waals surface area (Å²) in [6.07, 6.45) is 10.7. The predicted octanol–water partition coefficient (Wildman–Crippen LogP) is 6.23. The molecule has 0 aliphatic heterocycles. The van der Waals surface area contributed by atoms with Crippen LogP contribution in [-0.4, -0.2) is 19.1 Å². The Morgan fingerprint density at radius 2 is 1.69 bits per heavy atom. The molecular formula is C28H33NO3. The highest BCUT2D eigenvalue weighted by Gasteiger charge is 2.33. The Bertz CT molecular complexity index is 988. The molecular weight excluding hydrogens is 398 g/mol. The second-order valence-corrected chi connectivity index (χ2v) is 9.04. The summed E-state index contributed by atoms with van der Waals surface area (Å²) in [4.78, 5) is 11.3. The van der Waals surface area contributed by atoms with Crippen LogP contribution in [0.15, 0.2) is 42.5 Å². The van der Waals surface area contributed by atoms with Crippen molar-refractivity contribution in [2.75, 3.05) is 12.4 Å². The van der Waals surface area contributed by atoms with Crippen LogP contribution < -0.4 is 14.8 Å². The maximum atomic E-state index is 11.3. The maximum Gasteiger partial charge on any atom is 0.221 e. The van der Waals surface area contributed by atoms with E-state index in [-0.39, 0.29) is 17.4 Å². The summed E-state index contributed by atoms with van der Waals surface area (Å²) in [5.41, 5.74) is 2.81. The number of nitrogens with one attached hydrogen (secondary N) is 1. The Hall–Kier alpha value is -2.93. The van der Waals surface area contributed by atoms with E-state index in [1.54, 1.807) is 7.11 Å². The number of amides is 1. The van der Waals surface area contributed by atoms with Gasteiger partial charge in [-0.2, -0.15) is 0 Å². The number of ether oxygens (including phenoxy) is 2. The average Bonchev–Trinajstić information content (AvgIpc) is 3.32. The first-order chi connectivity index (χ1) is 15.6. The quantitative estimate of drug-likeness (QED) is 0.571. The number of carbonyl (C=O) groups excluding carboxylic acids is 1. The van der Waals surface area contributed by atoms with Gasteiger partial charge in [0, 0.05) is 18.2 Å². The molecule has 1 amide bonds. The Morgan fingerprint density at radius 3 is 2.34 bits per heavy atom. The van der Waals surface area contributed by atoms with Gasteiger partial charge in [0.05, 0.1) is 18.6 Å². The van der Waals surface area contributed by atoms with Crippen LogP contribution in [0.2, 0.25) is 0 Å². The lowest BCUT2D eigenvalue weighted by Crippen LogP contribution is -2.27. The maximum absolute atomic E-state index is 11.3. The van der Waals surface area contributed by atoms with E-state index in [1.165, 1.54) is 44.6 Å². The van der Waals surface area contributed by atoms with Crippen LogP contribution in [0, 0.1) is 11.8 Å². The summed E-state index contributed by atoms with van der Waals surface area (Å²) in [5.74, 6) is 8.65. The minimum absolute atomic E-state index is 0.0693. The molecule has 32 heavy (non-hydrogen) atoms. The molecule has 2 aliphatic carbocycles. The highest BCUT2D eigenvalue weighted by Crippen LogP contribution is 2.43. The van der Waals surface area contributed by atoms with E-state index in [1.807, 2.05) is 30.3 Å². The molecule has 4 nitrogen and oxygen atoms in total. The molecule has 0 aromatic heterocycles. The van der Waals surface area contributed by atoms with Gasteiger partial charge < -0.3 is 14.8 Å². The first kappa shape index (κ1) is 22.3. The van der Waals surface area contributed by atoms with Gasteiger partial charge in [-0.25, -0.2) is 0 Å². The lowest BCUT2D eigenvalue weighted by atomic mass is 9.70. The summed E-state index contributed by atoms with van der Waals surface area (Å²) in [6, 6.07) is 14.1.